The van der Waals surface area contributed by atoms with Gasteiger partial charge in [-0.3, -0.25) is 4.79 Å². The number of ketones is 1. The van der Waals surface area contributed by atoms with Crippen molar-refractivity contribution in [2.45, 2.75) is 26.3 Å². The van der Waals surface area contributed by atoms with Crippen LogP contribution in [0.25, 0.3) is 0 Å². The average molecular weight is 412 g/mol. The number of benzene rings is 3. The Morgan fingerprint density at radius 2 is 1.32 bits per heavy atom. The molecule has 1 unspecified atom stereocenters. The molecule has 3 aromatic carbocycles. The molecule has 0 radical (unpaired) electrons. The Morgan fingerprint density at radius 3 is 1.87 bits per heavy atom. The van der Waals surface area contributed by atoms with E-state index in [2.05, 4.69) is 10.1 Å². The molecule has 31 heavy (non-hydrogen) atoms. The van der Waals surface area contributed by atoms with Gasteiger partial charge in [-0.05, 0) is 35.4 Å². The highest BCUT2D eigenvalue weighted by atomic mass is 16.5. The fourth-order valence-electron chi connectivity index (χ4n) is 3.79. The average Bonchev–Trinajstić information content (AvgIpc) is 3.31. The molecule has 1 heterocycles. The lowest BCUT2D eigenvalue weighted by atomic mass is 9.70. The molecule has 4 rings (SSSR count). The van der Waals surface area contributed by atoms with Gasteiger partial charge in [-0.2, -0.15) is 5.10 Å². The van der Waals surface area contributed by atoms with Gasteiger partial charge in [0.15, 0.2) is 11.3 Å². The zero-order valence-electron chi connectivity index (χ0n) is 17.9. The number of hydrogen-bond acceptors (Lipinski definition) is 4. The van der Waals surface area contributed by atoms with E-state index in [-0.39, 0.29) is 5.78 Å². The molecule has 1 atom stereocenters. The van der Waals surface area contributed by atoms with Crippen molar-refractivity contribution in [3.63, 3.8) is 0 Å². The molecule has 0 fully saturated rings. The standard InChI is InChI=1S/C26H25N3O2/c1-25(2,3)24(30)26(29-19-27-18-28-29,20-10-6-4-7-11-20)21-14-16-23(17-15-21)31-22-12-8-5-9-13-22/h4-19H,1-3H3. The highest BCUT2D eigenvalue weighted by Gasteiger charge is 2.49. The van der Waals surface area contributed by atoms with E-state index in [1.165, 1.54) is 6.33 Å². The van der Waals surface area contributed by atoms with Crippen LogP contribution in [0.1, 0.15) is 31.9 Å². The molecule has 0 aliphatic heterocycles. The van der Waals surface area contributed by atoms with Crippen molar-refractivity contribution < 1.29 is 9.53 Å². The van der Waals surface area contributed by atoms with E-state index in [4.69, 9.17) is 4.74 Å². The van der Waals surface area contributed by atoms with Crippen LogP contribution in [0.2, 0.25) is 0 Å². The highest BCUT2D eigenvalue weighted by Crippen LogP contribution is 2.40. The molecular weight excluding hydrogens is 386 g/mol. The van der Waals surface area contributed by atoms with E-state index in [1.54, 1.807) is 11.0 Å². The normalized spacial score (nSPS) is 13.4. The van der Waals surface area contributed by atoms with E-state index < -0.39 is 11.0 Å². The second-order valence-electron chi connectivity index (χ2n) is 8.44. The molecule has 0 saturated carbocycles. The summed E-state index contributed by atoms with van der Waals surface area (Å²) in [4.78, 5) is 18.2. The van der Waals surface area contributed by atoms with Crippen molar-refractivity contribution in [3.8, 4) is 11.5 Å². The van der Waals surface area contributed by atoms with Gasteiger partial charge in [0.05, 0.1) is 0 Å². The molecule has 0 amide bonds. The maximum absolute atomic E-state index is 14.0. The fourth-order valence-corrected chi connectivity index (χ4v) is 3.79. The van der Waals surface area contributed by atoms with Gasteiger partial charge in [0.25, 0.3) is 0 Å². The molecule has 0 bridgehead atoms. The van der Waals surface area contributed by atoms with Gasteiger partial charge < -0.3 is 4.74 Å². The minimum absolute atomic E-state index is 0.0217. The maximum atomic E-state index is 14.0. The Balaban J connectivity index is 1.88. The summed E-state index contributed by atoms with van der Waals surface area (Å²) in [6, 6.07) is 26.9. The smallest absolute Gasteiger partial charge is 0.174 e. The SMILES string of the molecule is CC(C)(C)C(=O)C(c1ccccc1)(c1ccc(Oc2ccccc2)cc1)n1cncn1. The Labute approximate surface area is 182 Å². The minimum atomic E-state index is -1.15. The van der Waals surface area contributed by atoms with Gasteiger partial charge in [0.2, 0.25) is 0 Å². The van der Waals surface area contributed by atoms with Gasteiger partial charge in [-0.1, -0.05) is 81.4 Å². The van der Waals surface area contributed by atoms with Crippen LogP contribution < -0.4 is 4.74 Å². The van der Waals surface area contributed by atoms with Crippen molar-refractivity contribution in [2.75, 3.05) is 0 Å². The molecule has 1 aromatic heterocycles. The van der Waals surface area contributed by atoms with Crippen molar-refractivity contribution in [1.29, 1.82) is 0 Å². The molecule has 156 valence electrons. The number of ether oxygens (including phenoxy) is 1. The zero-order chi connectivity index (χ0) is 21.9. The van der Waals surface area contributed by atoms with Crippen LogP contribution in [0.4, 0.5) is 0 Å². The second-order valence-corrected chi connectivity index (χ2v) is 8.44. The second kappa shape index (κ2) is 8.19. The van der Waals surface area contributed by atoms with E-state index in [0.717, 1.165) is 16.9 Å². The van der Waals surface area contributed by atoms with Gasteiger partial charge in [-0.15, -0.1) is 0 Å². The number of rotatable bonds is 6. The van der Waals surface area contributed by atoms with Crippen LogP contribution in [-0.2, 0) is 10.3 Å². The summed E-state index contributed by atoms with van der Waals surface area (Å²) in [6.07, 6.45) is 3.06. The number of nitrogens with zero attached hydrogens (tertiary/aromatic N) is 3. The highest BCUT2D eigenvalue weighted by molar-refractivity contribution is 5.97. The molecule has 5 nitrogen and oxygen atoms in total. The zero-order valence-corrected chi connectivity index (χ0v) is 17.9. The monoisotopic (exact) mass is 411 g/mol. The number of hydrogen-bond donors (Lipinski definition) is 0. The predicted octanol–water partition coefficient (Wildman–Crippen LogP) is 5.48. The van der Waals surface area contributed by atoms with Crippen molar-refractivity contribution >= 4 is 5.78 Å². The molecule has 0 spiro atoms. The third-order valence-corrected chi connectivity index (χ3v) is 5.21. The summed E-state index contributed by atoms with van der Waals surface area (Å²) in [5.41, 5.74) is -0.149. The van der Waals surface area contributed by atoms with Crippen LogP contribution in [0.3, 0.4) is 0 Å². The molecule has 0 N–H and O–H groups in total. The first kappa shape index (κ1) is 20.5. The van der Waals surface area contributed by atoms with Crippen LogP contribution in [0.15, 0.2) is 97.6 Å². The van der Waals surface area contributed by atoms with E-state index in [0.29, 0.717) is 5.75 Å². The van der Waals surface area contributed by atoms with Crippen LogP contribution in [0.5, 0.6) is 11.5 Å². The van der Waals surface area contributed by atoms with Gasteiger partial charge in [0, 0.05) is 5.41 Å². The summed E-state index contributed by atoms with van der Waals surface area (Å²) >= 11 is 0. The van der Waals surface area contributed by atoms with Gasteiger partial charge >= 0.3 is 0 Å². The quantitative estimate of drug-likeness (QED) is 0.422. The molecule has 5 heteroatoms. The van der Waals surface area contributed by atoms with Crippen LogP contribution in [0, 0.1) is 5.41 Å². The number of carbonyl (C=O) groups is 1. The third kappa shape index (κ3) is 3.87. The Kier molecular flexibility index (Phi) is 5.42. The van der Waals surface area contributed by atoms with E-state index in [9.17, 15) is 4.79 Å². The van der Waals surface area contributed by atoms with Crippen LogP contribution in [-0.4, -0.2) is 20.5 Å². The van der Waals surface area contributed by atoms with Crippen LogP contribution >= 0.6 is 0 Å². The van der Waals surface area contributed by atoms with Gasteiger partial charge in [-0.25, -0.2) is 9.67 Å². The predicted molar refractivity (Wildman–Crippen MR) is 120 cm³/mol. The Bertz CT molecular complexity index is 1130. The Hall–Kier alpha value is -3.73. The number of para-hydroxylation sites is 1. The number of carbonyl (C=O) groups excluding carboxylic acids is 1. The van der Waals surface area contributed by atoms with Gasteiger partial charge in [0.1, 0.15) is 24.2 Å². The molecule has 4 aromatic rings. The lowest BCUT2D eigenvalue weighted by Gasteiger charge is -2.38. The Morgan fingerprint density at radius 1 is 0.774 bits per heavy atom. The lowest BCUT2D eigenvalue weighted by Crippen LogP contribution is -2.49. The summed E-state index contributed by atoms with van der Waals surface area (Å²) in [7, 11) is 0. The molecule has 0 aliphatic carbocycles. The van der Waals surface area contributed by atoms with Crippen molar-refractivity contribution in [1.82, 2.24) is 14.8 Å². The first-order chi connectivity index (χ1) is 14.9. The first-order valence-corrected chi connectivity index (χ1v) is 10.2. The summed E-state index contributed by atoms with van der Waals surface area (Å²) in [5.74, 6) is 1.47. The topological polar surface area (TPSA) is 57.0 Å². The fraction of sp³-hybridized carbons (Fsp3) is 0.192. The third-order valence-electron chi connectivity index (χ3n) is 5.21. The molecular formula is C26H25N3O2. The van der Waals surface area contributed by atoms with Crippen molar-refractivity contribution in [2.24, 2.45) is 5.41 Å². The van der Waals surface area contributed by atoms with Crippen molar-refractivity contribution in [3.05, 3.63) is 109 Å². The minimum Gasteiger partial charge on any atom is -0.457 e. The number of aromatic nitrogens is 3. The number of Topliss-reactive ketones (excluding diaryl/α,β-unsaturated/α-hetero) is 1. The maximum Gasteiger partial charge on any atom is 0.174 e. The van der Waals surface area contributed by atoms with E-state index >= 15 is 0 Å². The largest absolute Gasteiger partial charge is 0.457 e. The first-order valence-electron chi connectivity index (χ1n) is 10.2. The summed E-state index contributed by atoms with van der Waals surface area (Å²) in [5, 5.41) is 4.42. The lowest BCUT2D eigenvalue weighted by molar-refractivity contribution is -0.132. The van der Waals surface area contributed by atoms with E-state index in [1.807, 2.05) is 106 Å². The summed E-state index contributed by atoms with van der Waals surface area (Å²) < 4.78 is 7.61. The summed E-state index contributed by atoms with van der Waals surface area (Å²) in [6.45, 7) is 5.78. The molecule has 0 aliphatic rings. The molecule has 0 saturated heterocycles.